The Kier molecular flexibility index (Phi) is 8.41. The molecule has 5 fully saturated rings. The van der Waals surface area contributed by atoms with Crippen LogP contribution >= 0.6 is 0 Å². The van der Waals surface area contributed by atoms with Crippen molar-refractivity contribution in [1.82, 2.24) is 0 Å². The van der Waals surface area contributed by atoms with Gasteiger partial charge in [-0.05, 0) is 104 Å². The smallest absolute Gasteiger partial charge is 0.310 e. The van der Waals surface area contributed by atoms with Gasteiger partial charge in [0, 0.05) is 12.3 Å². The molecular weight excluding hydrogens is 588 g/mol. The molecule has 0 spiro atoms. The summed E-state index contributed by atoms with van der Waals surface area (Å²) in [5.41, 5.74) is 0.0952. The van der Waals surface area contributed by atoms with Crippen LogP contribution in [0.2, 0.25) is 0 Å². The van der Waals surface area contributed by atoms with Gasteiger partial charge in [-0.15, -0.1) is 0 Å². The maximum Gasteiger partial charge on any atom is 0.310 e. The molecule has 9 heteroatoms. The minimum Gasteiger partial charge on any atom is -0.481 e. The van der Waals surface area contributed by atoms with Gasteiger partial charge in [-0.2, -0.15) is 0 Å². The molecule has 4 saturated carbocycles. The highest BCUT2D eigenvalue weighted by Gasteiger charge is 2.70. The molecule has 4 N–H and O–H groups in total. The van der Waals surface area contributed by atoms with Crippen molar-refractivity contribution in [2.75, 3.05) is 13.2 Å². The van der Waals surface area contributed by atoms with Crippen LogP contribution in [0.15, 0.2) is 11.6 Å². The van der Waals surface area contributed by atoms with E-state index in [4.69, 9.17) is 14.2 Å². The summed E-state index contributed by atoms with van der Waals surface area (Å²) in [6.45, 7) is 15.1. The largest absolute Gasteiger partial charge is 0.481 e. The molecule has 5 aliphatic carbocycles. The van der Waals surface area contributed by atoms with Gasteiger partial charge in [0.15, 0.2) is 12.4 Å². The number of aliphatic carboxylic acids is 1. The molecular formula is C37H58O9. The number of carboxylic acid groups (broad SMARTS) is 1. The molecule has 0 amide bonds. The van der Waals surface area contributed by atoms with Crippen molar-refractivity contribution < 1.29 is 44.2 Å². The van der Waals surface area contributed by atoms with E-state index in [0.29, 0.717) is 12.3 Å². The van der Waals surface area contributed by atoms with Gasteiger partial charge in [-0.1, -0.05) is 53.2 Å². The summed E-state index contributed by atoms with van der Waals surface area (Å²) in [6.07, 6.45) is 6.00. The molecule has 46 heavy (non-hydrogen) atoms. The van der Waals surface area contributed by atoms with Crippen molar-refractivity contribution in [1.29, 1.82) is 0 Å². The second-order valence-corrected chi connectivity index (χ2v) is 17.8. The SMILES string of the molecule is CC(=O)O[C@H]1[C@H](O)[C@@H](O[C@H]2CC[C@@]3(C)[C@H](CC[C@]4(C)[C@@H]3CC=C3[C@H]5CC(C)(C)CC[C@]5(C(=O)O)CC[C@]34C)[C@]2(C)CO)OC[C@H]1O. The van der Waals surface area contributed by atoms with Crippen molar-refractivity contribution in [2.45, 2.75) is 143 Å². The number of carboxylic acids is 1. The molecule has 6 aliphatic rings. The topological polar surface area (TPSA) is 143 Å². The molecule has 6 rings (SSSR count). The van der Waals surface area contributed by atoms with Gasteiger partial charge >= 0.3 is 11.9 Å². The second-order valence-electron chi connectivity index (χ2n) is 17.8. The predicted octanol–water partition coefficient (Wildman–Crippen LogP) is 5.24. The van der Waals surface area contributed by atoms with Gasteiger partial charge in [-0.25, -0.2) is 0 Å². The summed E-state index contributed by atoms with van der Waals surface area (Å²) < 4.78 is 17.4. The monoisotopic (exact) mass is 646 g/mol. The Labute approximate surface area is 274 Å². The maximum atomic E-state index is 13.0. The van der Waals surface area contributed by atoms with Crippen LogP contribution in [0.4, 0.5) is 0 Å². The number of esters is 1. The van der Waals surface area contributed by atoms with Crippen LogP contribution in [0.3, 0.4) is 0 Å². The molecule has 1 heterocycles. The van der Waals surface area contributed by atoms with E-state index in [0.717, 1.165) is 57.8 Å². The molecule has 1 saturated heterocycles. The predicted molar refractivity (Wildman–Crippen MR) is 170 cm³/mol. The summed E-state index contributed by atoms with van der Waals surface area (Å²) in [7, 11) is 0. The molecule has 0 unspecified atom stereocenters. The molecule has 0 bridgehead atoms. The van der Waals surface area contributed by atoms with Gasteiger partial charge in [0.25, 0.3) is 0 Å². The zero-order valence-corrected chi connectivity index (χ0v) is 29.0. The third kappa shape index (κ3) is 4.79. The van der Waals surface area contributed by atoms with Gasteiger partial charge < -0.3 is 34.6 Å². The van der Waals surface area contributed by atoms with Gasteiger partial charge in [-0.3, -0.25) is 9.59 Å². The highest BCUT2D eigenvalue weighted by molar-refractivity contribution is 5.76. The van der Waals surface area contributed by atoms with Crippen molar-refractivity contribution in [2.24, 2.45) is 50.2 Å². The van der Waals surface area contributed by atoms with Crippen LogP contribution < -0.4 is 0 Å². The lowest BCUT2D eigenvalue weighted by molar-refractivity contribution is -0.313. The first-order valence-corrected chi connectivity index (χ1v) is 17.7. The number of carbonyl (C=O) groups is 2. The minimum atomic E-state index is -1.35. The Morgan fingerprint density at radius 1 is 0.957 bits per heavy atom. The molecule has 0 aromatic carbocycles. The van der Waals surface area contributed by atoms with Gasteiger partial charge in [0.05, 0.1) is 24.7 Å². The zero-order chi connectivity index (χ0) is 33.7. The average molecular weight is 647 g/mol. The molecule has 1 aliphatic heterocycles. The fourth-order valence-corrected chi connectivity index (χ4v) is 12.2. The summed E-state index contributed by atoms with van der Waals surface area (Å²) in [6, 6.07) is 0. The Bertz CT molecular complexity index is 1260. The summed E-state index contributed by atoms with van der Waals surface area (Å²) in [4.78, 5) is 24.6. The fraction of sp³-hybridized carbons (Fsp3) is 0.892. The van der Waals surface area contributed by atoms with Crippen LogP contribution in [0.5, 0.6) is 0 Å². The van der Waals surface area contributed by atoms with E-state index >= 15 is 0 Å². The van der Waals surface area contributed by atoms with E-state index in [9.17, 15) is 30.0 Å². The van der Waals surface area contributed by atoms with Crippen LogP contribution in [0, 0.1) is 50.2 Å². The first-order valence-electron chi connectivity index (χ1n) is 17.7. The van der Waals surface area contributed by atoms with E-state index in [1.165, 1.54) is 12.5 Å². The van der Waals surface area contributed by atoms with E-state index in [1.807, 2.05) is 0 Å². The fourth-order valence-electron chi connectivity index (χ4n) is 12.2. The standard InChI is InChI=1S/C37H58O9/c1-21(39)45-29-24(40)19-44-30(28(29)41)46-27-11-12-33(4)25(34(27,5)20-38)10-13-36(7)26(33)9-8-22-23-18-32(2,3)14-16-37(23,31(42)43)17-15-35(22,36)6/h8,23-30,38,40-41H,9-20H2,1-7H3,(H,42,43)/t23-,24-,25+,26-,27+,28+,29-,30-,33+,34+,35-,36-,37+/m1/s1. The number of carbonyl (C=O) groups excluding carboxylic acids is 1. The Morgan fingerprint density at radius 2 is 1.65 bits per heavy atom. The van der Waals surface area contributed by atoms with E-state index in [1.54, 1.807) is 0 Å². The first-order chi connectivity index (χ1) is 21.4. The lowest BCUT2D eigenvalue weighted by Gasteiger charge is -2.71. The van der Waals surface area contributed by atoms with Crippen LogP contribution in [0.1, 0.15) is 113 Å². The number of aliphatic hydroxyl groups is 3. The average Bonchev–Trinajstić information content (AvgIpc) is 2.97. The number of allylic oxidation sites excluding steroid dienone is 2. The van der Waals surface area contributed by atoms with E-state index < -0.39 is 53.5 Å². The maximum absolute atomic E-state index is 13.0. The Balaban J connectivity index is 1.29. The summed E-state index contributed by atoms with van der Waals surface area (Å²) in [5, 5.41) is 43.1. The van der Waals surface area contributed by atoms with Crippen molar-refractivity contribution >= 4 is 11.9 Å². The number of aliphatic hydroxyl groups excluding tert-OH is 3. The van der Waals surface area contributed by atoms with Crippen LogP contribution in [0.25, 0.3) is 0 Å². The number of hydrogen-bond acceptors (Lipinski definition) is 8. The van der Waals surface area contributed by atoms with Gasteiger partial charge in [0.1, 0.15) is 12.2 Å². The third-order valence-electron chi connectivity index (χ3n) is 15.2. The van der Waals surface area contributed by atoms with Crippen molar-refractivity contribution in [3.63, 3.8) is 0 Å². The van der Waals surface area contributed by atoms with E-state index in [2.05, 4.69) is 47.6 Å². The molecule has 13 atom stereocenters. The number of ether oxygens (including phenoxy) is 3. The quantitative estimate of drug-likeness (QED) is 0.179. The first kappa shape index (κ1) is 34.3. The van der Waals surface area contributed by atoms with Crippen molar-refractivity contribution in [3.05, 3.63) is 11.6 Å². The lowest BCUT2D eigenvalue weighted by atomic mass is 9.33. The number of rotatable bonds is 5. The molecule has 9 nitrogen and oxygen atoms in total. The minimum absolute atomic E-state index is 0.00525. The van der Waals surface area contributed by atoms with Crippen LogP contribution in [-0.2, 0) is 23.8 Å². The molecule has 0 aromatic heterocycles. The van der Waals surface area contributed by atoms with E-state index in [-0.39, 0.29) is 46.7 Å². The normalized spacial score (nSPS) is 51.4. The second kappa shape index (κ2) is 11.3. The lowest BCUT2D eigenvalue weighted by Crippen LogP contribution is -2.66. The molecule has 0 radical (unpaired) electrons. The molecule has 0 aromatic rings. The summed E-state index contributed by atoms with van der Waals surface area (Å²) >= 11 is 0. The highest BCUT2D eigenvalue weighted by atomic mass is 16.7. The van der Waals surface area contributed by atoms with Gasteiger partial charge in [0.2, 0.25) is 0 Å². The zero-order valence-electron chi connectivity index (χ0n) is 29.0. The number of fused-ring (bicyclic) bond motifs is 7. The number of hydrogen-bond donors (Lipinski definition) is 4. The molecule has 260 valence electrons. The van der Waals surface area contributed by atoms with Crippen molar-refractivity contribution in [3.8, 4) is 0 Å². The van der Waals surface area contributed by atoms with Crippen LogP contribution in [-0.4, -0.2) is 76.3 Å². The Morgan fingerprint density at radius 3 is 2.30 bits per heavy atom. The highest BCUT2D eigenvalue weighted by Crippen LogP contribution is 2.76. The Hall–Kier alpha value is -1.52. The third-order valence-corrected chi connectivity index (χ3v) is 15.2. The summed E-state index contributed by atoms with van der Waals surface area (Å²) in [5.74, 6) is -0.616.